The highest BCUT2D eigenvalue weighted by molar-refractivity contribution is 7.14. The maximum atomic E-state index is 12.2. The van der Waals surface area contributed by atoms with Gasteiger partial charge < -0.3 is 10.1 Å². The highest BCUT2D eigenvalue weighted by Gasteiger charge is 2.25. The fraction of sp³-hybridized carbons (Fsp3) is 0.368. The van der Waals surface area contributed by atoms with Crippen LogP contribution in [0.3, 0.4) is 0 Å². The number of nitrogens with zero attached hydrogens (tertiary/aromatic N) is 2. The summed E-state index contributed by atoms with van der Waals surface area (Å²) in [7, 11) is 0. The number of nitrogens with one attached hydrogen (secondary N) is 1. The Hall–Kier alpha value is -2.74. The van der Waals surface area contributed by atoms with Crippen LogP contribution in [0.2, 0.25) is 0 Å². The molecular formula is C19H21N3O4S. The molecule has 2 amide bonds. The van der Waals surface area contributed by atoms with Gasteiger partial charge in [-0.25, -0.2) is 4.98 Å². The van der Waals surface area contributed by atoms with E-state index in [0.717, 1.165) is 12.0 Å². The zero-order chi connectivity index (χ0) is 19.4. The van der Waals surface area contributed by atoms with E-state index in [-0.39, 0.29) is 18.2 Å². The Balaban J connectivity index is 1.53. The van der Waals surface area contributed by atoms with Crippen molar-refractivity contribution in [3.8, 4) is 0 Å². The Morgan fingerprint density at radius 3 is 2.85 bits per heavy atom. The molecule has 1 saturated heterocycles. The molecule has 3 rings (SSSR count). The number of aryl methyl sites for hydroxylation is 1. The number of aromatic nitrogens is 1. The smallest absolute Gasteiger partial charge is 0.312 e. The van der Waals surface area contributed by atoms with E-state index in [4.69, 9.17) is 4.74 Å². The van der Waals surface area contributed by atoms with Gasteiger partial charge in [0.15, 0.2) is 11.2 Å². The molecule has 0 spiro atoms. The minimum absolute atomic E-state index is 0.0412. The lowest BCUT2D eigenvalue weighted by atomic mass is 10.2. The Morgan fingerprint density at radius 2 is 2.15 bits per heavy atom. The molecule has 1 unspecified atom stereocenters. The Bertz CT molecular complexity index is 864. The second kappa shape index (κ2) is 8.30. The van der Waals surface area contributed by atoms with Crippen molar-refractivity contribution < 1.29 is 19.1 Å². The summed E-state index contributed by atoms with van der Waals surface area (Å²) in [5.74, 6) is -0.869. The molecule has 1 aliphatic heterocycles. The van der Waals surface area contributed by atoms with E-state index in [2.05, 4.69) is 10.3 Å². The first-order valence-corrected chi connectivity index (χ1v) is 9.63. The normalized spacial score (nSPS) is 14.9. The van der Waals surface area contributed by atoms with Crippen LogP contribution >= 0.6 is 11.3 Å². The SMILES string of the molecule is Cc1ccccc1NC(=O)C(C)OC(=O)Cc1csc(N2CCCC2=O)n1. The number of ether oxygens (including phenoxy) is 1. The number of rotatable bonds is 6. The first-order valence-electron chi connectivity index (χ1n) is 8.75. The van der Waals surface area contributed by atoms with Crippen LogP contribution in [0, 0.1) is 6.92 Å². The maximum absolute atomic E-state index is 12.2. The second-order valence-corrected chi connectivity index (χ2v) is 7.22. The molecule has 1 fully saturated rings. The molecule has 1 aromatic carbocycles. The van der Waals surface area contributed by atoms with E-state index in [0.29, 0.717) is 29.5 Å². The van der Waals surface area contributed by atoms with Gasteiger partial charge in [0.05, 0.1) is 12.1 Å². The molecule has 0 aliphatic carbocycles. The summed E-state index contributed by atoms with van der Waals surface area (Å²) in [5, 5.41) is 5.09. The molecule has 27 heavy (non-hydrogen) atoms. The fourth-order valence-electron chi connectivity index (χ4n) is 2.74. The first kappa shape index (κ1) is 19.0. The van der Waals surface area contributed by atoms with Crippen LogP contribution in [0.15, 0.2) is 29.6 Å². The van der Waals surface area contributed by atoms with Crippen molar-refractivity contribution in [2.75, 3.05) is 16.8 Å². The second-order valence-electron chi connectivity index (χ2n) is 6.38. The van der Waals surface area contributed by atoms with Crippen molar-refractivity contribution in [2.24, 2.45) is 0 Å². The largest absolute Gasteiger partial charge is 0.452 e. The molecule has 1 aliphatic rings. The number of carbonyl (C=O) groups is 3. The van der Waals surface area contributed by atoms with Gasteiger partial charge in [-0.3, -0.25) is 19.3 Å². The van der Waals surface area contributed by atoms with Gasteiger partial charge in [0, 0.05) is 24.0 Å². The lowest BCUT2D eigenvalue weighted by molar-refractivity contribution is -0.152. The third-order valence-corrected chi connectivity index (χ3v) is 5.16. The molecule has 142 valence electrons. The molecule has 1 aromatic heterocycles. The summed E-state index contributed by atoms with van der Waals surface area (Å²) in [6.07, 6.45) is 0.393. The van der Waals surface area contributed by atoms with Gasteiger partial charge in [0.25, 0.3) is 5.91 Å². The summed E-state index contributed by atoms with van der Waals surface area (Å²) in [6, 6.07) is 7.38. The predicted molar refractivity (Wildman–Crippen MR) is 103 cm³/mol. The van der Waals surface area contributed by atoms with Crippen LogP contribution in [0.25, 0.3) is 0 Å². The number of esters is 1. The van der Waals surface area contributed by atoms with Crippen molar-refractivity contribution in [2.45, 2.75) is 39.2 Å². The van der Waals surface area contributed by atoms with Gasteiger partial charge in [-0.1, -0.05) is 18.2 Å². The standard InChI is InChI=1S/C19H21N3O4S/c1-12-6-3-4-7-15(12)21-18(25)13(2)26-17(24)10-14-11-27-19(20-14)22-9-5-8-16(22)23/h3-4,6-7,11,13H,5,8-10H2,1-2H3,(H,21,25). The van der Waals surface area contributed by atoms with Crippen molar-refractivity contribution in [1.29, 1.82) is 0 Å². The van der Waals surface area contributed by atoms with E-state index in [1.54, 1.807) is 16.3 Å². The average Bonchev–Trinajstić information content (AvgIpc) is 3.25. The predicted octanol–water partition coefficient (Wildman–Crippen LogP) is 2.69. The van der Waals surface area contributed by atoms with E-state index >= 15 is 0 Å². The number of para-hydroxylation sites is 1. The number of carbonyl (C=O) groups excluding carboxylic acids is 3. The van der Waals surface area contributed by atoms with Gasteiger partial charge in [-0.05, 0) is 31.9 Å². The minimum atomic E-state index is -0.921. The van der Waals surface area contributed by atoms with Crippen LogP contribution in [0.5, 0.6) is 0 Å². The van der Waals surface area contributed by atoms with E-state index in [1.165, 1.54) is 18.3 Å². The molecule has 2 aromatic rings. The van der Waals surface area contributed by atoms with Gasteiger partial charge >= 0.3 is 5.97 Å². The van der Waals surface area contributed by atoms with E-state index in [1.807, 2.05) is 25.1 Å². The van der Waals surface area contributed by atoms with Crippen molar-refractivity contribution in [3.05, 3.63) is 40.9 Å². The minimum Gasteiger partial charge on any atom is -0.452 e. The number of amides is 2. The third kappa shape index (κ3) is 4.71. The summed E-state index contributed by atoms with van der Waals surface area (Å²) in [5.41, 5.74) is 2.15. The summed E-state index contributed by atoms with van der Waals surface area (Å²) < 4.78 is 5.22. The number of hydrogen-bond acceptors (Lipinski definition) is 6. The van der Waals surface area contributed by atoms with Crippen LogP contribution < -0.4 is 10.2 Å². The molecule has 1 atom stereocenters. The number of anilines is 2. The lowest BCUT2D eigenvalue weighted by Crippen LogP contribution is -2.30. The molecule has 0 radical (unpaired) electrons. The van der Waals surface area contributed by atoms with E-state index < -0.39 is 12.1 Å². The maximum Gasteiger partial charge on any atom is 0.312 e. The average molecular weight is 387 g/mol. The molecule has 1 N–H and O–H groups in total. The van der Waals surface area contributed by atoms with Crippen LogP contribution in [-0.4, -0.2) is 35.4 Å². The summed E-state index contributed by atoms with van der Waals surface area (Å²) in [6.45, 7) is 4.07. The topological polar surface area (TPSA) is 88.6 Å². The number of benzene rings is 1. The van der Waals surface area contributed by atoms with Crippen molar-refractivity contribution in [3.63, 3.8) is 0 Å². The van der Waals surface area contributed by atoms with E-state index in [9.17, 15) is 14.4 Å². The molecular weight excluding hydrogens is 366 g/mol. The first-order chi connectivity index (χ1) is 12.9. The summed E-state index contributed by atoms with van der Waals surface area (Å²) >= 11 is 1.33. The molecule has 7 nitrogen and oxygen atoms in total. The van der Waals surface area contributed by atoms with Gasteiger partial charge in [-0.2, -0.15) is 0 Å². The monoisotopic (exact) mass is 387 g/mol. The van der Waals surface area contributed by atoms with Gasteiger partial charge in [0.2, 0.25) is 5.91 Å². The Kier molecular flexibility index (Phi) is 5.85. The molecule has 0 bridgehead atoms. The lowest BCUT2D eigenvalue weighted by Gasteiger charge is -2.14. The molecule has 8 heteroatoms. The fourth-order valence-corrected chi connectivity index (χ4v) is 3.61. The van der Waals surface area contributed by atoms with Crippen molar-refractivity contribution in [1.82, 2.24) is 4.98 Å². The highest BCUT2D eigenvalue weighted by Crippen LogP contribution is 2.25. The third-order valence-electron chi connectivity index (χ3n) is 4.25. The number of hydrogen-bond donors (Lipinski definition) is 1. The van der Waals surface area contributed by atoms with Crippen molar-refractivity contribution >= 4 is 39.9 Å². The zero-order valence-corrected chi connectivity index (χ0v) is 16.0. The molecule has 2 heterocycles. The van der Waals surface area contributed by atoms with Crippen LogP contribution in [0.4, 0.5) is 10.8 Å². The quantitative estimate of drug-likeness (QED) is 0.770. The highest BCUT2D eigenvalue weighted by atomic mass is 32.1. The van der Waals surface area contributed by atoms with Crippen LogP contribution in [-0.2, 0) is 25.5 Å². The Morgan fingerprint density at radius 1 is 1.37 bits per heavy atom. The summed E-state index contributed by atoms with van der Waals surface area (Å²) in [4.78, 5) is 42.1. The van der Waals surface area contributed by atoms with Gasteiger partial charge in [-0.15, -0.1) is 11.3 Å². The van der Waals surface area contributed by atoms with Crippen LogP contribution in [0.1, 0.15) is 31.0 Å². The van der Waals surface area contributed by atoms with Gasteiger partial charge in [0.1, 0.15) is 0 Å². The Labute approximate surface area is 161 Å². The molecule has 0 saturated carbocycles. The zero-order valence-electron chi connectivity index (χ0n) is 15.2. The number of thiazole rings is 1.